The van der Waals surface area contributed by atoms with Crippen molar-refractivity contribution in [1.29, 1.82) is 0 Å². The first-order valence-electron chi connectivity index (χ1n) is 7.11. The fourth-order valence-electron chi connectivity index (χ4n) is 2.13. The van der Waals surface area contributed by atoms with Gasteiger partial charge in [-0.1, -0.05) is 23.4 Å². The maximum Gasteiger partial charge on any atom is 0.192 e. The van der Waals surface area contributed by atoms with Gasteiger partial charge in [-0.3, -0.25) is 4.57 Å². The predicted molar refractivity (Wildman–Crippen MR) is 90.9 cm³/mol. The summed E-state index contributed by atoms with van der Waals surface area (Å²) in [6.07, 6.45) is 1.67. The van der Waals surface area contributed by atoms with E-state index in [0.29, 0.717) is 18.2 Å². The Morgan fingerprint density at radius 2 is 2.04 bits per heavy atom. The van der Waals surface area contributed by atoms with Crippen LogP contribution in [0.5, 0.6) is 0 Å². The summed E-state index contributed by atoms with van der Waals surface area (Å²) < 4.78 is 12.6. The molecule has 2 heterocycles. The van der Waals surface area contributed by atoms with Gasteiger partial charge < -0.3 is 9.15 Å². The fraction of sp³-hybridized carbons (Fsp3) is 0.250. The highest BCUT2D eigenvalue weighted by atomic mass is 35.5. The molecule has 0 aliphatic heterocycles. The normalized spacial score (nSPS) is 11.0. The van der Waals surface area contributed by atoms with Gasteiger partial charge in [-0.05, 0) is 36.4 Å². The number of rotatable bonds is 7. The summed E-state index contributed by atoms with van der Waals surface area (Å²) in [5.74, 6) is 2.46. The molecule has 0 aliphatic rings. The van der Waals surface area contributed by atoms with E-state index in [0.717, 1.165) is 28.1 Å². The molecule has 120 valence electrons. The second-order valence-corrected chi connectivity index (χ2v) is 6.32. The van der Waals surface area contributed by atoms with Gasteiger partial charge in [-0.2, -0.15) is 0 Å². The van der Waals surface area contributed by atoms with Gasteiger partial charge in [0.25, 0.3) is 0 Å². The largest absolute Gasteiger partial charge is 0.467 e. The van der Waals surface area contributed by atoms with E-state index in [1.54, 1.807) is 25.1 Å². The molecule has 0 saturated heterocycles. The molecule has 0 bridgehead atoms. The minimum Gasteiger partial charge on any atom is -0.467 e. The minimum absolute atomic E-state index is 0.577. The Balaban J connectivity index is 1.92. The third-order valence-corrected chi connectivity index (χ3v) is 4.41. The van der Waals surface area contributed by atoms with Crippen LogP contribution in [0.1, 0.15) is 5.76 Å². The molecule has 0 radical (unpaired) electrons. The highest BCUT2D eigenvalue weighted by Crippen LogP contribution is 2.26. The van der Waals surface area contributed by atoms with Gasteiger partial charge in [0.15, 0.2) is 11.0 Å². The van der Waals surface area contributed by atoms with Crippen LogP contribution < -0.4 is 0 Å². The molecule has 0 atom stereocenters. The molecule has 0 unspecified atom stereocenters. The summed E-state index contributed by atoms with van der Waals surface area (Å²) >= 11 is 7.58. The number of aromatic nitrogens is 3. The highest BCUT2D eigenvalue weighted by molar-refractivity contribution is 7.99. The number of hydrogen-bond acceptors (Lipinski definition) is 5. The van der Waals surface area contributed by atoms with Gasteiger partial charge in [0.2, 0.25) is 0 Å². The Kier molecular flexibility index (Phi) is 5.38. The summed E-state index contributed by atoms with van der Waals surface area (Å²) in [6, 6.07) is 11.4. The van der Waals surface area contributed by atoms with Crippen molar-refractivity contribution in [2.24, 2.45) is 0 Å². The van der Waals surface area contributed by atoms with Gasteiger partial charge in [-0.25, -0.2) is 0 Å². The van der Waals surface area contributed by atoms with E-state index in [4.69, 9.17) is 20.8 Å². The Hall–Kier alpha value is -1.76. The number of thioether (sulfide) groups is 1. The lowest BCUT2D eigenvalue weighted by Gasteiger charge is -2.08. The third-order valence-electron chi connectivity index (χ3n) is 3.23. The molecule has 0 amide bonds. The quantitative estimate of drug-likeness (QED) is 0.477. The van der Waals surface area contributed by atoms with Crippen molar-refractivity contribution in [3.05, 3.63) is 53.4 Å². The van der Waals surface area contributed by atoms with Crippen LogP contribution in [0.4, 0.5) is 0 Å². The van der Waals surface area contributed by atoms with E-state index in [2.05, 4.69) is 10.2 Å². The molecular formula is C16H16ClN3O2S. The lowest BCUT2D eigenvalue weighted by molar-refractivity contribution is 0.218. The molecule has 0 spiro atoms. The smallest absolute Gasteiger partial charge is 0.192 e. The minimum atomic E-state index is 0.577. The predicted octanol–water partition coefficient (Wildman–Crippen LogP) is 3.98. The highest BCUT2D eigenvalue weighted by Gasteiger charge is 2.15. The summed E-state index contributed by atoms with van der Waals surface area (Å²) in [5, 5.41) is 10.2. The monoisotopic (exact) mass is 349 g/mol. The zero-order valence-corrected chi connectivity index (χ0v) is 14.2. The van der Waals surface area contributed by atoms with Crippen molar-refractivity contribution in [2.75, 3.05) is 19.5 Å². The van der Waals surface area contributed by atoms with Crippen LogP contribution in [0, 0.1) is 0 Å². The number of furan rings is 1. The van der Waals surface area contributed by atoms with E-state index in [1.165, 1.54) is 0 Å². The van der Waals surface area contributed by atoms with Crippen LogP contribution in [0.2, 0.25) is 5.02 Å². The second-order valence-electron chi connectivity index (χ2n) is 4.82. The molecule has 3 rings (SSSR count). The summed E-state index contributed by atoms with van der Waals surface area (Å²) in [5.41, 5.74) is 0.965. The average molecular weight is 350 g/mol. The molecule has 0 aliphatic carbocycles. The van der Waals surface area contributed by atoms with Crippen molar-refractivity contribution in [2.45, 2.75) is 11.7 Å². The van der Waals surface area contributed by atoms with Gasteiger partial charge in [0.05, 0.1) is 19.4 Å². The van der Waals surface area contributed by atoms with Crippen LogP contribution in [0.25, 0.3) is 11.4 Å². The van der Waals surface area contributed by atoms with Crippen molar-refractivity contribution in [3.63, 3.8) is 0 Å². The number of halogens is 1. The summed E-state index contributed by atoms with van der Waals surface area (Å²) in [4.78, 5) is 0. The van der Waals surface area contributed by atoms with Crippen molar-refractivity contribution in [1.82, 2.24) is 14.8 Å². The molecule has 0 N–H and O–H groups in total. The summed E-state index contributed by atoms with van der Waals surface area (Å²) in [6.45, 7) is 1.24. The van der Waals surface area contributed by atoms with Crippen LogP contribution >= 0.6 is 23.4 Å². The summed E-state index contributed by atoms with van der Waals surface area (Å²) in [7, 11) is 1.69. The first-order chi connectivity index (χ1) is 11.3. The maximum atomic E-state index is 5.97. The molecule has 5 nitrogen and oxygen atoms in total. The van der Waals surface area contributed by atoms with E-state index < -0.39 is 0 Å². The molecule has 0 saturated carbocycles. The number of hydrogen-bond donors (Lipinski definition) is 0. The maximum absolute atomic E-state index is 5.97. The Labute approximate surface area is 143 Å². The molecule has 7 heteroatoms. The molecule has 0 fully saturated rings. The van der Waals surface area contributed by atoms with Crippen molar-refractivity contribution >= 4 is 23.4 Å². The topological polar surface area (TPSA) is 53.1 Å². The number of methoxy groups -OCH3 is 1. The molecular weight excluding hydrogens is 334 g/mol. The van der Waals surface area contributed by atoms with Crippen LogP contribution in [0.15, 0.2) is 52.2 Å². The van der Waals surface area contributed by atoms with E-state index in [-0.39, 0.29) is 0 Å². The first-order valence-corrected chi connectivity index (χ1v) is 8.47. The Morgan fingerprint density at radius 3 is 2.74 bits per heavy atom. The second kappa shape index (κ2) is 7.68. The van der Waals surface area contributed by atoms with Crippen molar-refractivity contribution < 1.29 is 9.15 Å². The third kappa shape index (κ3) is 3.96. The molecule has 2 aromatic heterocycles. The average Bonchev–Trinajstić information content (AvgIpc) is 3.20. The van der Waals surface area contributed by atoms with E-state index in [1.807, 2.05) is 41.0 Å². The molecule has 3 aromatic rings. The van der Waals surface area contributed by atoms with Crippen LogP contribution in [-0.2, 0) is 11.3 Å². The molecule has 23 heavy (non-hydrogen) atoms. The standard InChI is InChI=1S/C16H16ClN3O2S/c1-21-9-10-23-16-19-18-15(12-4-6-13(17)7-5-12)20(16)11-14-3-2-8-22-14/h2-8H,9-11H2,1H3. The van der Waals surface area contributed by atoms with Crippen LogP contribution in [0.3, 0.4) is 0 Å². The number of nitrogens with zero attached hydrogens (tertiary/aromatic N) is 3. The van der Waals surface area contributed by atoms with Crippen molar-refractivity contribution in [3.8, 4) is 11.4 Å². The molecule has 1 aromatic carbocycles. The first kappa shape index (κ1) is 16.1. The van der Waals surface area contributed by atoms with Gasteiger partial charge in [0, 0.05) is 23.4 Å². The zero-order valence-electron chi connectivity index (χ0n) is 12.6. The lowest BCUT2D eigenvalue weighted by atomic mass is 10.2. The van der Waals surface area contributed by atoms with Crippen LogP contribution in [-0.4, -0.2) is 34.2 Å². The SMILES string of the molecule is COCCSc1nnc(-c2ccc(Cl)cc2)n1Cc1ccco1. The Morgan fingerprint density at radius 1 is 1.22 bits per heavy atom. The fourth-order valence-corrected chi connectivity index (χ4v) is 3.09. The lowest BCUT2D eigenvalue weighted by Crippen LogP contribution is -2.04. The Bertz CT molecular complexity index is 741. The number of benzene rings is 1. The zero-order chi connectivity index (χ0) is 16.1. The number of ether oxygens (including phenoxy) is 1. The van der Waals surface area contributed by atoms with Gasteiger partial charge in [0.1, 0.15) is 5.76 Å². The van der Waals surface area contributed by atoms with E-state index >= 15 is 0 Å². The van der Waals surface area contributed by atoms with E-state index in [9.17, 15) is 0 Å². The van der Waals surface area contributed by atoms with Gasteiger partial charge in [-0.15, -0.1) is 10.2 Å². The van der Waals surface area contributed by atoms with Gasteiger partial charge >= 0.3 is 0 Å².